The fourth-order valence-electron chi connectivity index (χ4n) is 3.05. The lowest BCUT2D eigenvalue weighted by Crippen LogP contribution is -2.22. The molecule has 1 aliphatic heterocycles. The molecule has 1 aliphatic rings. The monoisotopic (exact) mass is 435 g/mol. The number of aromatic nitrogens is 2. The number of hydrogen-bond donors (Lipinski definition) is 0. The zero-order chi connectivity index (χ0) is 21.1. The first-order valence-corrected chi connectivity index (χ1v) is 10.9. The van der Waals surface area contributed by atoms with Gasteiger partial charge in [0.25, 0.3) is 5.91 Å². The van der Waals surface area contributed by atoms with Gasteiger partial charge < -0.3 is 4.74 Å². The summed E-state index contributed by atoms with van der Waals surface area (Å²) in [6.45, 7) is 2.77. The number of benzene rings is 2. The van der Waals surface area contributed by atoms with E-state index < -0.39 is 0 Å². The summed E-state index contributed by atoms with van der Waals surface area (Å²) in [5.74, 6) is 0.739. The molecule has 5 nitrogen and oxygen atoms in total. The van der Waals surface area contributed by atoms with Crippen LogP contribution in [0, 0.1) is 0 Å². The number of ether oxygens (including phenoxy) is 1. The van der Waals surface area contributed by atoms with Gasteiger partial charge in [0, 0.05) is 24.4 Å². The molecule has 0 unspecified atom stereocenters. The first kappa shape index (κ1) is 20.4. The van der Waals surface area contributed by atoms with Gasteiger partial charge in [0.2, 0.25) is 0 Å². The van der Waals surface area contributed by atoms with Gasteiger partial charge in [0.15, 0.2) is 0 Å². The molecule has 4 rings (SSSR count). The normalized spacial score (nSPS) is 15.3. The van der Waals surface area contributed by atoms with Crippen molar-refractivity contribution in [2.45, 2.75) is 13.3 Å². The Morgan fingerprint density at radius 2 is 1.87 bits per heavy atom. The molecule has 0 saturated carbocycles. The molecule has 0 atom stereocenters. The lowest BCUT2D eigenvalue weighted by molar-refractivity contribution is -0.121. The number of likely N-dealkylation sites (N-methyl/N-ethyl adjacent to an activating group) is 1. The second kappa shape index (κ2) is 8.85. The van der Waals surface area contributed by atoms with E-state index in [0.29, 0.717) is 15.8 Å². The Hall–Kier alpha value is -2.90. The van der Waals surface area contributed by atoms with Crippen molar-refractivity contribution in [2.75, 3.05) is 13.7 Å². The van der Waals surface area contributed by atoms with Crippen molar-refractivity contribution >= 4 is 40.3 Å². The van der Waals surface area contributed by atoms with Crippen LogP contribution in [-0.2, 0) is 4.79 Å². The van der Waals surface area contributed by atoms with Crippen LogP contribution in [0.5, 0.6) is 5.75 Å². The average Bonchev–Trinajstić information content (AvgIpc) is 3.30. The van der Waals surface area contributed by atoms with Gasteiger partial charge in [0.1, 0.15) is 10.1 Å². The molecule has 152 valence electrons. The number of nitrogens with zero attached hydrogens (tertiary/aromatic N) is 3. The molecule has 1 aromatic heterocycles. The van der Waals surface area contributed by atoms with Crippen molar-refractivity contribution in [1.29, 1.82) is 0 Å². The van der Waals surface area contributed by atoms with Crippen molar-refractivity contribution < 1.29 is 9.53 Å². The van der Waals surface area contributed by atoms with Crippen LogP contribution in [0.3, 0.4) is 0 Å². The third kappa shape index (κ3) is 4.17. The third-order valence-corrected chi connectivity index (χ3v) is 6.12. The fraction of sp³-hybridized carbons (Fsp3) is 0.174. The van der Waals surface area contributed by atoms with Crippen LogP contribution in [0.1, 0.15) is 18.9 Å². The molecule has 1 amide bonds. The highest BCUT2D eigenvalue weighted by molar-refractivity contribution is 8.26. The lowest BCUT2D eigenvalue weighted by atomic mass is 10.1. The number of carbonyl (C=O) groups is 1. The summed E-state index contributed by atoms with van der Waals surface area (Å²) in [7, 11) is 1.70. The summed E-state index contributed by atoms with van der Waals surface area (Å²) in [6.07, 6.45) is 4.77. The van der Waals surface area contributed by atoms with Gasteiger partial charge >= 0.3 is 0 Å². The first-order valence-electron chi connectivity index (χ1n) is 9.66. The smallest absolute Gasteiger partial charge is 0.265 e. The number of amides is 1. The van der Waals surface area contributed by atoms with E-state index in [1.54, 1.807) is 7.05 Å². The Morgan fingerprint density at radius 3 is 2.50 bits per heavy atom. The molecule has 1 fully saturated rings. The average molecular weight is 436 g/mol. The maximum absolute atomic E-state index is 12.5. The summed E-state index contributed by atoms with van der Waals surface area (Å²) in [6, 6.07) is 17.8. The largest absolute Gasteiger partial charge is 0.494 e. The van der Waals surface area contributed by atoms with Gasteiger partial charge in [-0.25, -0.2) is 4.68 Å². The van der Waals surface area contributed by atoms with Crippen LogP contribution in [0.15, 0.2) is 65.7 Å². The van der Waals surface area contributed by atoms with Crippen molar-refractivity contribution in [3.8, 4) is 22.7 Å². The molecule has 0 N–H and O–H groups in total. The van der Waals surface area contributed by atoms with Crippen molar-refractivity contribution in [2.24, 2.45) is 0 Å². The molecule has 30 heavy (non-hydrogen) atoms. The Kier molecular flexibility index (Phi) is 6.01. The van der Waals surface area contributed by atoms with Crippen LogP contribution in [-0.4, -0.2) is 38.6 Å². The highest BCUT2D eigenvalue weighted by atomic mass is 32.2. The van der Waals surface area contributed by atoms with Crippen molar-refractivity contribution in [1.82, 2.24) is 14.7 Å². The molecule has 7 heteroatoms. The number of rotatable bonds is 6. The SMILES string of the molecule is CCCOc1ccc(-c2nn(-c3ccccc3)cc2/C=C2/SC(=S)N(C)C2=O)cc1. The van der Waals surface area contributed by atoms with E-state index in [1.165, 1.54) is 16.7 Å². The Bertz CT molecular complexity index is 1110. The van der Waals surface area contributed by atoms with E-state index in [4.69, 9.17) is 22.1 Å². The molecule has 0 spiro atoms. The number of thiocarbonyl (C=S) groups is 1. The highest BCUT2D eigenvalue weighted by Crippen LogP contribution is 2.34. The molecular weight excluding hydrogens is 414 g/mol. The van der Waals surface area contributed by atoms with Gasteiger partial charge in [-0.15, -0.1) is 0 Å². The predicted octanol–water partition coefficient (Wildman–Crippen LogP) is 5.16. The lowest BCUT2D eigenvalue weighted by Gasteiger charge is -2.06. The molecule has 2 heterocycles. The van der Waals surface area contributed by atoms with Crippen LogP contribution in [0.2, 0.25) is 0 Å². The third-order valence-electron chi connectivity index (χ3n) is 4.64. The fourth-order valence-corrected chi connectivity index (χ4v) is 4.22. The predicted molar refractivity (Wildman–Crippen MR) is 126 cm³/mol. The van der Waals surface area contributed by atoms with Gasteiger partial charge in [-0.2, -0.15) is 5.10 Å². The van der Waals surface area contributed by atoms with E-state index in [9.17, 15) is 4.79 Å². The van der Waals surface area contributed by atoms with Gasteiger partial charge in [-0.3, -0.25) is 9.69 Å². The van der Waals surface area contributed by atoms with E-state index in [-0.39, 0.29) is 5.91 Å². The highest BCUT2D eigenvalue weighted by Gasteiger charge is 2.29. The Balaban J connectivity index is 1.76. The molecule has 0 bridgehead atoms. The standard InChI is InChI=1S/C23H21N3O2S2/c1-3-13-28-19-11-9-16(10-12-19)21-17(14-20-22(27)25(2)23(29)30-20)15-26(24-21)18-7-5-4-6-8-18/h4-12,14-15H,3,13H2,1-2H3/b20-14+. The van der Waals surface area contributed by atoms with E-state index in [2.05, 4.69) is 6.92 Å². The second-order valence-corrected chi connectivity index (χ2v) is 8.50. The zero-order valence-corrected chi connectivity index (χ0v) is 18.4. The number of carbonyl (C=O) groups excluding carboxylic acids is 1. The van der Waals surface area contributed by atoms with Crippen molar-refractivity contribution in [3.63, 3.8) is 0 Å². The molecule has 0 radical (unpaired) electrons. The summed E-state index contributed by atoms with van der Waals surface area (Å²) in [5, 5.41) is 4.81. The van der Waals surface area contributed by atoms with Crippen LogP contribution in [0.4, 0.5) is 0 Å². The van der Waals surface area contributed by atoms with E-state index in [0.717, 1.165) is 34.7 Å². The maximum atomic E-state index is 12.5. The Labute approximate surface area is 185 Å². The molecule has 3 aromatic rings. The van der Waals surface area contributed by atoms with Crippen LogP contribution < -0.4 is 4.74 Å². The second-order valence-electron chi connectivity index (χ2n) is 6.83. The zero-order valence-electron chi connectivity index (χ0n) is 16.7. The topological polar surface area (TPSA) is 47.4 Å². The summed E-state index contributed by atoms with van der Waals surface area (Å²) in [4.78, 5) is 14.6. The van der Waals surface area contributed by atoms with Crippen LogP contribution >= 0.6 is 24.0 Å². The number of para-hydroxylation sites is 1. The number of thioether (sulfide) groups is 1. The van der Waals surface area contributed by atoms with Gasteiger partial charge in [-0.05, 0) is 48.9 Å². The minimum absolute atomic E-state index is 0.0910. The van der Waals surface area contributed by atoms with Gasteiger partial charge in [-0.1, -0.05) is 49.1 Å². The molecule has 0 aliphatic carbocycles. The number of hydrogen-bond acceptors (Lipinski definition) is 5. The summed E-state index contributed by atoms with van der Waals surface area (Å²) in [5.41, 5.74) is 3.55. The molecular formula is C23H21N3O2S2. The van der Waals surface area contributed by atoms with Gasteiger partial charge in [0.05, 0.1) is 22.9 Å². The minimum Gasteiger partial charge on any atom is -0.494 e. The summed E-state index contributed by atoms with van der Waals surface area (Å²) >= 11 is 6.57. The quantitative estimate of drug-likeness (QED) is 0.395. The Morgan fingerprint density at radius 1 is 1.13 bits per heavy atom. The minimum atomic E-state index is -0.0910. The van der Waals surface area contributed by atoms with E-state index >= 15 is 0 Å². The van der Waals surface area contributed by atoms with E-state index in [1.807, 2.05) is 71.6 Å². The maximum Gasteiger partial charge on any atom is 0.265 e. The van der Waals surface area contributed by atoms with Crippen molar-refractivity contribution in [3.05, 3.63) is 71.3 Å². The van der Waals surface area contributed by atoms with Crippen LogP contribution in [0.25, 0.3) is 23.0 Å². The molecule has 2 aromatic carbocycles. The molecule has 1 saturated heterocycles. The summed E-state index contributed by atoms with van der Waals surface area (Å²) < 4.78 is 8.08. The first-order chi connectivity index (χ1) is 14.6.